The lowest BCUT2D eigenvalue weighted by Crippen LogP contribution is -2.29. The van der Waals surface area contributed by atoms with E-state index in [9.17, 15) is 9.59 Å². The van der Waals surface area contributed by atoms with E-state index in [0.717, 1.165) is 24.1 Å². The maximum absolute atomic E-state index is 12.3. The van der Waals surface area contributed by atoms with Gasteiger partial charge in [0.15, 0.2) is 0 Å². The van der Waals surface area contributed by atoms with Crippen molar-refractivity contribution in [2.75, 3.05) is 5.32 Å². The van der Waals surface area contributed by atoms with E-state index in [1.807, 2.05) is 0 Å². The fourth-order valence-corrected chi connectivity index (χ4v) is 2.66. The van der Waals surface area contributed by atoms with Gasteiger partial charge in [0.1, 0.15) is 11.8 Å². The number of fused-ring (bicyclic) bond motifs is 1. The molecule has 0 bridgehead atoms. The van der Waals surface area contributed by atoms with Crippen LogP contribution in [0.1, 0.15) is 40.9 Å². The van der Waals surface area contributed by atoms with Crippen molar-refractivity contribution in [3.8, 4) is 0 Å². The van der Waals surface area contributed by atoms with E-state index in [1.165, 1.54) is 12.5 Å². The van der Waals surface area contributed by atoms with Gasteiger partial charge in [-0.2, -0.15) is 0 Å². The summed E-state index contributed by atoms with van der Waals surface area (Å²) in [4.78, 5) is 28.2. The molecule has 1 atom stereocenters. The predicted molar refractivity (Wildman–Crippen MR) is 72.9 cm³/mol. The predicted octanol–water partition coefficient (Wildman–Crippen LogP) is 1.68. The molecule has 6 nitrogen and oxygen atoms in total. The number of aromatic nitrogens is 2. The van der Waals surface area contributed by atoms with Gasteiger partial charge in [0.05, 0.1) is 6.20 Å². The highest BCUT2D eigenvalue weighted by molar-refractivity contribution is 6.03. The Hall–Kier alpha value is -2.37. The molecule has 20 heavy (non-hydrogen) atoms. The Balaban J connectivity index is 2.02. The molecule has 0 aromatic carbocycles. The van der Waals surface area contributed by atoms with Crippen molar-refractivity contribution in [2.24, 2.45) is 7.05 Å². The van der Waals surface area contributed by atoms with Crippen molar-refractivity contribution in [1.29, 1.82) is 0 Å². The molecule has 1 aliphatic carbocycles. The molecule has 0 saturated carbocycles. The van der Waals surface area contributed by atoms with E-state index in [-0.39, 0.29) is 17.1 Å². The van der Waals surface area contributed by atoms with Gasteiger partial charge in [-0.1, -0.05) is 6.92 Å². The second kappa shape index (κ2) is 4.63. The molecule has 104 valence electrons. The summed E-state index contributed by atoms with van der Waals surface area (Å²) >= 11 is 0. The fourth-order valence-electron chi connectivity index (χ4n) is 2.66. The molecular weight excluding hydrogens is 258 g/mol. The van der Waals surface area contributed by atoms with Crippen molar-refractivity contribution in [2.45, 2.75) is 25.7 Å². The molecule has 0 saturated heterocycles. The molecule has 2 heterocycles. The minimum Gasteiger partial charge on any atom is -0.432 e. The van der Waals surface area contributed by atoms with Crippen LogP contribution in [0.15, 0.2) is 27.7 Å². The van der Waals surface area contributed by atoms with Gasteiger partial charge in [0.2, 0.25) is 0 Å². The van der Waals surface area contributed by atoms with Gasteiger partial charge in [0.25, 0.3) is 11.5 Å². The number of rotatable bonds is 2. The van der Waals surface area contributed by atoms with Gasteiger partial charge in [-0.15, -0.1) is 0 Å². The number of amides is 1. The monoisotopic (exact) mass is 273 g/mol. The summed E-state index contributed by atoms with van der Waals surface area (Å²) < 4.78 is 6.53. The quantitative estimate of drug-likeness (QED) is 0.903. The zero-order valence-electron chi connectivity index (χ0n) is 11.3. The molecule has 1 amide bonds. The molecule has 1 N–H and O–H groups in total. The first-order valence-corrected chi connectivity index (χ1v) is 6.51. The van der Waals surface area contributed by atoms with Crippen LogP contribution in [0.4, 0.5) is 6.01 Å². The Labute approximate surface area is 115 Å². The number of anilines is 1. The largest absolute Gasteiger partial charge is 0.432 e. The number of oxazole rings is 1. The zero-order chi connectivity index (χ0) is 14.3. The summed E-state index contributed by atoms with van der Waals surface area (Å²) in [5.74, 6) is -0.125. The van der Waals surface area contributed by atoms with Crippen LogP contribution in [-0.2, 0) is 13.5 Å². The van der Waals surface area contributed by atoms with Crippen molar-refractivity contribution in [3.63, 3.8) is 0 Å². The number of hydrogen-bond acceptors (Lipinski definition) is 4. The van der Waals surface area contributed by atoms with Crippen molar-refractivity contribution in [1.82, 2.24) is 9.55 Å². The van der Waals surface area contributed by atoms with Gasteiger partial charge < -0.3 is 8.98 Å². The van der Waals surface area contributed by atoms with Crippen molar-refractivity contribution < 1.29 is 9.21 Å². The average molecular weight is 273 g/mol. The molecule has 2 aromatic heterocycles. The van der Waals surface area contributed by atoms with Crippen molar-refractivity contribution >= 4 is 11.9 Å². The van der Waals surface area contributed by atoms with Crippen LogP contribution in [0.5, 0.6) is 0 Å². The van der Waals surface area contributed by atoms with Gasteiger partial charge in [0, 0.05) is 12.7 Å². The second-order valence-corrected chi connectivity index (χ2v) is 5.06. The van der Waals surface area contributed by atoms with E-state index in [1.54, 1.807) is 17.7 Å². The Kier molecular flexibility index (Phi) is 2.93. The highest BCUT2D eigenvalue weighted by Gasteiger charge is 2.25. The molecule has 1 aliphatic rings. The summed E-state index contributed by atoms with van der Waals surface area (Å²) in [5.41, 5.74) is 1.93. The minimum atomic E-state index is -0.491. The Morgan fingerprint density at radius 3 is 3.05 bits per heavy atom. The Morgan fingerprint density at radius 2 is 2.35 bits per heavy atom. The molecule has 0 aliphatic heterocycles. The van der Waals surface area contributed by atoms with Gasteiger partial charge in [-0.25, -0.2) is 4.98 Å². The Bertz CT molecular complexity index is 716. The first kappa shape index (κ1) is 12.7. The lowest BCUT2D eigenvalue weighted by Gasteiger charge is -2.11. The number of hydrogen-bond donors (Lipinski definition) is 1. The molecule has 3 rings (SSSR count). The minimum absolute atomic E-state index is 0.0885. The van der Waals surface area contributed by atoms with Crippen LogP contribution in [0.2, 0.25) is 0 Å². The molecule has 0 fully saturated rings. The second-order valence-electron chi connectivity index (χ2n) is 5.06. The number of carbonyl (C=O) groups excluding carboxylic acids is 1. The molecule has 6 heteroatoms. The first-order chi connectivity index (χ1) is 9.58. The maximum atomic E-state index is 12.3. The van der Waals surface area contributed by atoms with E-state index in [4.69, 9.17) is 4.42 Å². The number of nitrogens with one attached hydrogen (secondary N) is 1. The lowest BCUT2D eigenvalue weighted by molar-refractivity contribution is 0.102. The normalized spacial score (nSPS) is 17.0. The van der Waals surface area contributed by atoms with Gasteiger partial charge in [-0.3, -0.25) is 14.9 Å². The summed E-state index contributed by atoms with van der Waals surface area (Å²) in [5, 5.41) is 2.48. The fraction of sp³-hybridized carbons (Fsp3) is 0.357. The van der Waals surface area contributed by atoms with E-state index < -0.39 is 5.91 Å². The third-order valence-corrected chi connectivity index (χ3v) is 3.82. The third kappa shape index (κ3) is 1.93. The highest BCUT2D eigenvalue weighted by Crippen LogP contribution is 2.31. The van der Waals surface area contributed by atoms with Crippen LogP contribution >= 0.6 is 0 Å². The molecule has 0 unspecified atom stereocenters. The number of carbonyl (C=O) groups is 1. The first-order valence-electron chi connectivity index (χ1n) is 6.51. The van der Waals surface area contributed by atoms with Crippen molar-refractivity contribution in [3.05, 3.63) is 45.7 Å². The van der Waals surface area contributed by atoms with Crippen LogP contribution in [0.25, 0.3) is 0 Å². The smallest absolute Gasteiger partial charge is 0.301 e. The Morgan fingerprint density at radius 1 is 1.55 bits per heavy atom. The van der Waals surface area contributed by atoms with E-state index in [2.05, 4.69) is 17.2 Å². The summed E-state index contributed by atoms with van der Waals surface area (Å²) in [6.07, 6.45) is 4.67. The van der Waals surface area contributed by atoms with Crippen LogP contribution in [0.3, 0.4) is 0 Å². The summed E-state index contributed by atoms with van der Waals surface area (Å²) in [6.45, 7) is 2.10. The molecular formula is C14H15N3O3. The van der Waals surface area contributed by atoms with Gasteiger partial charge >= 0.3 is 6.01 Å². The summed E-state index contributed by atoms with van der Waals surface area (Å²) in [6, 6.07) is 1.79. The van der Waals surface area contributed by atoms with Crippen LogP contribution in [-0.4, -0.2) is 15.5 Å². The maximum Gasteiger partial charge on any atom is 0.301 e. The third-order valence-electron chi connectivity index (χ3n) is 3.82. The number of pyridine rings is 1. The molecule has 0 radical (unpaired) electrons. The highest BCUT2D eigenvalue weighted by atomic mass is 16.4. The SMILES string of the molecule is C[C@@H]1CCc2c1cc(C(=O)Nc1ncco1)c(=O)n2C. The van der Waals surface area contributed by atoms with Gasteiger partial charge in [-0.05, 0) is 30.4 Å². The van der Waals surface area contributed by atoms with E-state index in [0.29, 0.717) is 5.92 Å². The van der Waals surface area contributed by atoms with Crippen LogP contribution < -0.4 is 10.9 Å². The number of nitrogens with zero attached hydrogens (tertiary/aromatic N) is 2. The topological polar surface area (TPSA) is 77.1 Å². The lowest BCUT2D eigenvalue weighted by atomic mass is 10.0. The van der Waals surface area contributed by atoms with E-state index >= 15 is 0 Å². The average Bonchev–Trinajstić information content (AvgIpc) is 3.04. The standard InChI is InChI=1S/C14H15N3O3/c1-8-3-4-11-9(8)7-10(13(19)17(11)2)12(18)16-14-15-5-6-20-14/h5-8H,3-4H2,1-2H3,(H,15,16,18)/t8-/m1/s1. The zero-order valence-corrected chi connectivity index (χ0v) is 11.3. The molecule has 2 aromatic rings. The molecule has 0 spiro atoms. The van der Waals surface area contributed by atoms with Crippen LogP contribution in [0, 0.1) is 0 Å². The summed E-state index contributed by atoms with van der Waals surface area (Å²) in [7, 11) is 1.71.